The van der Waals surface area contributed by atoms with Crippen molar-refractivity contribution in [3.8, 4) is 17.0 Å². The number of hydrogen-bond donors (Lipinski definition) is 3. The Morgan fingerprint density at radius 3 is 2.24 bits per heavy atom. The van der Waals surface area contributed by atoms with E-state index in [2.05, 4.69) is 15.7 Å². The first-order chi connectivity index (χ1) is 19.7. The maximum atomic E-state index is 12.9. The highest BCUT2D eigenvalue weighted by molar-refractivity contribution is 5.97. The first-order valence-corrected chi connectivity index (χ1v) is 13.0. The largest absolute Gasteiger partial charge is 0.497 e. The maximum absolute atomic E-state index is 12.9. The molecule has 212 valence electrons. The van der Waals surface area contributed by atoms with Crippen LogP contribution in [0.5, 0.6) is 5.75 Å². The summed E-state index contributed by atoms with van der Waals surface area (Å²) in [5.41, 5.74) is 4.26. The molecule has 4 rings (SSSR count). The van der Waals surface area contributed by atoms with Crippen LogP contribution >= 0.6 is 0 Å². The number of rotatable bonds is 10. The minimum Gasteiger partial charge on any atom is -0.497 e. The minimum atomic E-state index is -1.14. The van der Waals surface area contributed by atoms with Crippen LogP contribution < -0.4 is 15.4 Å². The Kier molecular flexibility index (Phi) is 9.03. The van der Waals surface area contributed by atoms with Gasteiger partial charge in [0.25, 0.3) is 5.91 Å². The average Bonchev–Trinajstić information content (AvgIpc) is 3.25. The third-order valence-electron chi connectivity index (χ3n) is 6.74. The highest BCUT2D eigenvalue weighted by atomic mass is 16.6. The van der Waals surface area contributed by atoms with E-state index in [1.165, 1.54) is 0 Å². The van der Waals surface area contributed by atoms with E-state index in [1.807, 2.05) is 37.3 Å². The van der Waals surface area contributed by atoms with Crippen molar-refractivity contribution in [2.24, 2.45) is 7.05 Å². The lowest BCUT2D eigenvalue weighted by Crippen LogP contribution is -2.42. The summed E-state index contributed by atoms with van der Waals surface area (Å²) in [6.07, 6.45) is -0.954. The number of benzene rings is 3. The van der Waals surface area contributed by atoms with Gasteiger partial charge in [0, 0.05) is 24.6 Å². The Balaban J connectivity index is 1.45. The van der Waals surface area contributed by atoms with Gasteiger partial charge >= 0.3 is 12.1 Å². The van der Waals surface area contributed by atoms with Crippen molar-refractivity contribution in [1.29, 1.82) is 0 Å². The molecule has 1 aromatic heterocycles. The fourth-order valence-electron chi connectivity index (χ4n) is 4.26. The second-order valence-corrected chi connectivity index (χ2v) is 9.51. The number of aromatic nitrogens is 2. The van der Waals surface area contributed by atoms with Crippen LogP contribution in [0, 0.1) is 6.92 Å². The van der Waals surface area contributed by atoms with E-state index in [9.17, 15) is 19.5 Å². The third kappa shape index (κ3) is 7.10. The van der Waals surface area contributed by atoms with Crippen LogP contribution in [0.2, 0.25) is 0 Å². The van der Waals surface area contributed by atoms with E-state index in [0.717, 1.165) is 11.1 Å². The Bertz CT molecular complexity index is 1510. The fraction of sp³-hybridized carbons (Fsp3) is 0.226. The number of hydrogen-bond acceptors (Lipinski definition) is 6. The number of carboxylic acids is 1. The molecule has 41 heavy (non-hydrogen) atoms. The van der Waals surface area contributed by atoms with Crippen LogP contribution in [0.3, 0.4) is 0 Å². The molecule has 0 bridgehead atoms. The van der Waals surface area contributed by atoms with Gasteiger partial charge in [0.05, 0.1) is 18.5 Å². The summed E-state index contributed by atoms with van der Waals surface area (Å²) in [5.74, 6) is -1.00. The van der Waals surface area contributed by atoms with E-state index >= 15 is 0 Å². The number of nitrogens with one attached hydrogen (secondary N) is 2. The van der Waals surface area contributed by atoms with Crippen molar-refractivity contribution in [1.82, 2.24) is 15.1 Å². The van der Waals surface area contributed by atoms with Gasteiger partial charge in [-0.05, 0) is 49.2 Å². The van der Waals surface area contributed by atoms with E-state index in [4.69, 9.17) is 9.47 Å². The summed E-state index contributed by atoms with van der Waals surface area (Å²) in [5, 5.41) is 19.6. The van der Waals surface area contributed by atoms with Gasteiger partial charge < -0.3 is 19.9 Å². The van der Waals surface area contributed by atoms with Crippen LogP contribution in [0.15, 0.2) is 78.9 Å². The normalized spacial score (nSPS) is 12.2. The first kappa shape index (κ1) is 28.9. The summed E-state index contributed by atoms with van der Waals surface area (Å²) >= 11 is 0. The predicted molar refractivity (Wildman–Crippen MR) is 154 cm³/mol. The van der Waals surface area contributed by atoms with E-state index < -0.39 is 30.1 Å². The van der Waals surface area contributed by atoms with E-state index in [-0.39, 0.29) is 12.0 Å². The van der Waals surface area contributed by atoms with Gasteiger partial charge in [-0.1, -0.05) is 54.6 Å². The summed E-state index contributed by atoms with van der Waals surface area (Å²) in [4.78, 5) is 37.5. The monoisotopic (exact) mass is 556 g/mol. The number of methoxy groups -OCH3 is 1. The zero-order valence-electron chi connectivity index (χ0n) is 23.3. The van der Waals surface area contributed by atoms with Gasteiger partial charge in [-0.25, -0.2) is 9.59 Å². The Hall–Kier alpha value is -5.12. The predicted octanol–water partition coefficient (Wildman–Crippen LogP) is 5.14. The summed E-state index contributed by atoms with van der Waals surface area (Å²) in [6, 6.07) is 21.8. The molecule has 10 heteroatoms. The summed E-state index contributed by atoms with van der Waals surface area (Å²) in [6.45, 7) is 3.62. The molecule has 0 aliphatic heterocycles. The average molecular weight is 557 g/mol. The van der Waals surface area contributed by atoms with Gasteiger partial charge in [0.2, 0.25) is 0 Å². The van der Waals surface area contributed by atoms with Gasteiger partial charge in [-0.15, -0.1) is 0 Å². The van der Waals surface area contributed by atoms with Crippen molar-refractivity contribution in [3.63, 3.8) is 0 Å². The summed E-state index contributed by atoms with van der Waals surface area (Å²) in [7, 11) is 3.31. The number of aryl methyl sites for hydroxylation is 1. The molecule has 2 atom stereocenters. The molecule has 0 aliphatic carbocycles. The summed E-state index contributed by atoms with van der Waals surface area (Å²) < 4.78 is 12.3. The molecular formula is C31H32N4O6. The molecule has 2 unspecified atom stereocenters. The number of carbonyl (C=O) groups excluding carboxylic acids is 2. The molecule has 3 aromatic carbocycles. The van der Waals surface area contributed by atoms with Crippen LogP contribution in [0.4, 0.5) is 10.5 Å². The molecule has 0 spiro atoms. The smallest absolute Gasteiger partial charge is 0.412 e. The van der Waals surface area contributed by atoms with Crippen LogP contribution in [0.25, 0.3) is 11.3 Å². The zero-order valence-corrected chi connectivity index (χ0v) is 23.3. The SMILES string of the molecule is COc1ccc(CC(NC(=O)c2ccc(-c3nn(C)c(C)c3NC(=O)OC(C)c3ccccc3)cc2)C(=O)O)cc1. The Morgan fingerprint density at radius 2 is 1.63 bits per heavy atom. The molecule has 0 fully saturated rings. The van der Waals surface area contributed by atoms with Crippen LogP contribution in [0.1, 0.15) is 40.2 Å². The van der Waals surface area contributed by atoms with Gasteiger partial charge in [-0.2, -0.15) is 5.10 Å². The maximum Gasteiger partial charge on any atom is 0.412 e. The van der Waals surface area contributed by atoms with Gasteiger partial charge in [0.1, 0.15) is 23.6 Å². The molecule has 0 saturated heterocycles. The second-order valence-electron chi connectivity index (χ2n) is 9.51. The molecule has 0 saturated carbocycles. The Labute approximate surface area is 237 Å². The first-order valence-electron chi connectivity index (χ1n) is 13.0. The lowest BCUT2D eigenvalue weighted by molar-refractivity contribution is -0.139. The topological polar surface area (TPSA) is 132 Å². The molecule has 0 radical (unpaired) electrons. The standard InChI is InChI=1S/C31H32N4O6/c1-19-27(33-31(39)41-20(2)22-8-6-5-7-9-22)28(34-35(19)3)23-12-14-24(15-13-23)29(36)32-26(30(37)38)18-21-10-16-25(40-4)17-11-21/h5-17,20,26H,18H2,1-4H3,(H,32,36)(H,33,39)(H,37,38). The van der Waals surface area contributed by atoms with Crippen molar-refractivity contribution < 1.29 is 29.0 Å². The molecule has 4 aromatic rings. The van der Waals surface area contributed by atoms with Crippen molar-refractivity contribution in [3.05, 3.63) is 101 Å². The van der Waals surface area contributed by atoms with E-state index in [0.29, 0.717) is 28.4 Å². The van der Waals surface area contributed by atoms with E-state index in [1.54, 1.807) is 74.3 Å². The minimum absolute atomic E-state index is 0.115. The number of amides is 2. The second kappa shape index (κ2) is 12.8. The zero-order chi connectivity index (χ0) is 29.5. The molecule has 2 amide bonds. The highest BCUT2D eigenvalue weighted by Gasteiger charge is 2.23. The number of ether oxygens (including phenoxy) is 2. The van der Waals surface area contributed by atoms with Crippen LogP contribution in [-0.2, 0) is 23.0 Å². The molecular weight excluding hydrogens is 524 g/mol. The molecule has 1 heterocycles. The lowest BCUT2D eigenvalue weighted by atomic mass is 10.0. The molecule has 3 N–H and O–H groups in total. The van der Waals surface area contributed by atoms with Crippen molar-refractivity contribution in [2.75, 3.05) is 12.4 Å². The fourth-order valence-corrected chi connectivity index (χ4v) is 4.26. The number of carboxylic acid groups (broad SMARTS) is 1. The van der Waals surface area contributed by atoms with Crippen LogP contribution in [-0.4, -0.2) is 46.0 Å². The Morgan fingerprint density at radius 1 is 0.976 bits per heavy atom. The van der Waals surface area contributed by atoms with Gasteiger partial charge in [-0.3, -0.25) is 14.8 Å². The third-order valence-corrected chi connectivity index (χ3v) is 6.74. The number of carbonyl (C=O) groups is 3. The highest BCUT2D eigenvalue weighted by Crippen LogP contribution is 2.30. The number of anilines is 1. The molecule has 10 nitrogen and oxygen atoms in total. The number of aliphatic carboxylic acids is 1. The number of nitrogens with zero attached hydrogens (tertiary/aromatic N) is 2. The van der Waals surface area contributed by atoms with Crippen molar-refractivity contribution >= 4 is 23.7 Å². The van der Waals surface area contributed by atoms with Crippen molar-refractivity contribution in [2.45, 2.75) is 32.4 Å². The molecule has 0 aliphatic rings. The lowest BCUT2D eigenvalue weighted by Gasteiger charge is -2.15. The quantitative estimate of drug-likeness (QED) is 0.246. The van der Waals surface area contributed by atoms with Gasteiger partial charge in [0.15, 0.2) is 0 Å².